The third-order valence-electron chi connectivity index (χ3n) is 3.73. The zero-order valence-corrected chi connectivity index (χ0v) is 10.9. The minimum atomic E-state index is -0.373. The summed E-state index contributed by atoms with van der Waals surface area (Å²) in [5.74, 6) is 1.87. The number of aromatic nitrogens is 2. The normalized spacial score (nSPS) is 23.6. The van der Waals surface area contributed by atoms with E-state index in [2.05, 4.69) is 10.1 Å². The first-order chi connectivity index (χ1) is 9.22. The van der Waals surface area contributed by atoms with Crippen molar-refractivity contribution in [3.63, 3.8) is 0 Å². The third kappa shape index (κ3) is 3.12. The van der Waals surface area contributed by atoms with Crippen LogP contribution in [0.5, 0.6) is 0 Å². The number of nitrogens with zero attached hydrogens (tertiary/aromatic N) is 3. The molecule has 0 aromatic carbocycles. The van der Waals surface area contributed by atoms with E-state index in [1.807, 2.05) is 0 Å². The highest BCUT2D eigenvalue weighted by molar-refractivity contribution is 5.76. The Morgan fingerprint density at radius 3 is 3.00 bits per heavy atom. The molecule has 2 heterocycles. The average Bonchev–Trinajstić information content (AvgIpc) is 3.15. The van der Waals surface area contributed by atoms with Crippen molar-refractivity contribution in [2.75, 3.05) is 13.1 Å². The van der Waals surface area contributed by atoms with Gasteiger partial charge in [0.1, 0.15) is 0 Å². The van der Waals surface area contributed by atoms with Crippen LogP contribution in [-0.2, 0) is 11.2 Å². The number of rotatable bonds is 4. The first-order valence-corrected chi connectivity index (χ1v) is 7.00. The van der Waals surface area contributed by atoms with Gasteiger partial charge in [0, 0.05) is 31.8 Å². The highest BCUT2D eigenvalue weighted by Crippen LogP contribution is 2.38. The van der Waals surface area contributed by atoms with E-state index in [0.717, 1.165) is 38.1 Å². The lowest BCUT2D eigenvalue weighted by atomic mass is 10.1. The van der Waals surface area contributed by atoms with Gasteiger partial charge in [-0.15, -0.1) is 0 Å². The maximum Gasteiger partial charge on any atom is 0.227 e. The fraction of sp³-hybridized carbons (Fsp3) is 0.769. The predicted molar refractivity (Wildman–Crippen MR) is 66.4 cm³/mol. The van der Waals surface area contributed by atoms with Crippen LogP contribution in [0.4, 0.5) is 0 Å². The molecule has 1 saturated heterocycles. The summed E-state index contributed by atoms with van der Waals surface area (Å²) in [4.78, 5) is 18.0. The van der Waals surface area contributed by atoms with E-state index in [4.69, 9.17) is 4.52 Å². The van der Waals surface area contributed by atoms with Crippen LogP contribution in [-0.4, -0.2) is 45.2 Å². The zero-order chi connectivity index (χ0) is 13.2. The van der Waals surface area contributed by atoms with Crippen molar-refractivity contribution < 1.29 is 14.4 Å². The summed E-state index contributed by atoms with van der Waals surface area (Å²) in [5.41, 5.74) is 0. The summed E-state index contributed by atoms with van der Waals surface area (Å²) in [6.07, 6.45) is 4.44. The molecule has 1 aliphatic carbocycles. The molecule has 2 fully saturated rings. The Morgan fingerprint density at radius 1 is 1.42 bits per heavy atom. The Bertz CT molecular complexity index is 456. The number of piperidine rings is 1. The zero-order valence-electron chi connectivity index (χ0n) is 10.9. The summed E-state index contributed by atoms with van der Waals surface area (Å²) < 4.78 is 5.14. The Hall–Kier alpha value is -1.43. The van der Waals surface area contributed by atoms with Gasteiger partial charge in [0.15, 0.2) is 5.82 Å². The fourth-order valence-corrected chi connectivity index (χ4v) is 2.43. The topological polar surface area (TPSA) is 79.5 Å². The number of aliphatic hydroxyl groups is 1. The van der Waals surface area contributed by atoms with E-state index in [1.54, 1.807) is 4.90 Å². The SMILES string of the molecule is O=C(CCc1nc(C2CC2)no1)N1CCCC(O)C1. The van der Waals surface area contributed by atoms with E-state index in [-0.39, 0.29) is 12.0 Å². The molecule has 6 nitrogen and oxygen atoms in total. The van der Waals surface area contributed by atoms with E-state index in [1.165, 1.54) is 0 Å². The number of carbonyl (C=O) groups is 1. The van der Waals surface area contributed by atoms with Crippen molar-refractivity contribution in [2.24, 2.45) is 0 Å². The van der Waals surface area contributed by atoms with Crippen molar-refractivity contribution in [3.05, 3.63) is 11.7 Å². The van der Waals surface area contributed by atoms with Gasteiger partial charge in [-0.1, -0.05) is 5.16 Å². The Balaban J connectivity index is 1.48. The van der Waals surface area contributed by atoms with Crippen LogP contribution in [0, 0.1) is 0 Å². The Labute approximate surface area is 111 Å². The number of hydrogen-bond donors (Lipinski definition) is 1. The number of aliphatic hydroxyl groups excluding tert-OH is 1. The van der Waals surface area contributed by atoms with Gasteiger partial charge in [-0.2, -0.15) is 4.98 Å². The summed E-state index contributed by atoms with van der Waals surface area (Å²) in [6.45, 7) is 1.20. The number of likely N-dealkylation sites (tertiary alicyclic amines) is 1. The van der Waals surface area contributed by atoms with Crippen LogP contribution >= 0.6 is 0 Å². The van der Waals surface area contributed by atoms with Gasteiger partial charge in [-0.25, -0.2) is 0 Å². The molecule has 1 saturated carbocycles. The van der Waals surface area contributed by atoms with Crippen LogP contribution < -0.4 is 0 Å². The van der Waals surface area contributed by atoms with Gasteiger partial charge >= 0.3 is 0 Å². The Kier molecular flexibility index (Phi) is 3.50. The monoisotopic (exact) mass is 265 g/mol. The van der Waals surface area contributed by atoms with Gasteiger partial charge in [0.25, 0.3) is 0 Å². The van der Waals surface area contributed by atoms with Crippen LogP contribution in [0.1, 0.15) is 49.7 Å². The van der Waals surface area contributed by atoms with Crippen molar-refractivity contribution in [2.45, 2.75) is 50.5 Å². The minimum Gasteiger partial charge on any atom is -0.391 e. The van der Waals surface area contributed by atoms with Crippen molar-refractivity contribution >= 4 is 5.91 Å². The highest BCUT2D eigenvalue weighted by atomic mass is 16.5. The number of amides is 1. The molecule has 104 valence electrons. The predicted octanol–water partition coefficient (Wildman–Crippen LogP) is 0.863. The Morgan fingerprint density at radius 2 is 2.26 bits per heavy atom. The third-order valence-corrected chi connectivity index (χ3v) is 3.73. The molecule has 1 aromatic rings. The maximum absolute atomic E-state index is 12.0. The van der Waals surface area contributed by atoms with Crippen LogP contribution in [0.15, 0.2) is 4.52 Å². The van der Waals surface area contributed by atoms with Gasteiger partial charge in [-0.3, -0.25) is 4.79 Å². The molecule has 1 aliphatic heterocycles. The van der Waals surface area contributed by atoms with Gasteiger partial charge in [-0.05, 0) is 25.7 Å². The van der Waals surface area contributed by atoms with Crippen LogP contribution in [0.25, 0.3) is 0 Å². The van der Waals surface area contributed by atoms with E-state index >= 15 is 0 Å². The second-order valence-electron chi connectivity index (χ2n) is 5.46. The summed E-state index contributed by atoms with van der Waals surface area (Å²) in [5, 5.41) is 13.5. The lowest BCUT2D eigenvalue weighted by Crippen LogP contribution is -2.42. The minimum absolute atomic E-state index is 0.0601. The molecule has 1 N–H and O–H groups in total. The number of aryl methyl sites for hydroxylation is 1. The molecule has 2 aliphatic rings. The fourth-order valence-electron chi connectivity index (χ4n) is 2.43. The second kappa shape index (κ2) is 5.28. The standard InChI is InChI=1S/C13H19N3O3/c17-10-2-1-7-16(8-10)12(18)6-5-11-14-13(15-19-11)9-3-4-9/h9-10,17H,1-8H2. The number of β-amino-alcohol motifs (C(OH)–C–C–N with tert-alkyl or cyclic N) is 1. The first kappa shape index (κ1) is 12.6. The molecule has 0 radical (unpaired) electrons. The van der Waals surface area contributed by atoms with Crippen LogP contribution in [0.3, 0.4) is 0 Å². The average molecular weight is 265 g/mol. The molecule has 3 rings (SSSR count). The van der Waals surface area contributed by atoms with E-state index in [9.17, 15) is 9.90 Å². The van der Waals surface area contributed by atoms with Gasteiger partial charge in [0.2, 0.25) is 11.8 Å². The molecule has 19 heavy (non-hydrogen) atoms. The molecule has 1 aromatic heterocycles. The summed E-state index contributed by atoms with van der Waals surface area (Å²) in [7, 11) is 0. The van der Waals surface area contributed by atoms with Gasteiger partial charge in [0.05, 0.1) is 6.10 Å². The van der Waals surface area contributed by atoms with E-state index < -0.39 is 0 Å². The first-order valence-electron chi connectivity index (χ1n) is 7.00. The molecular weight excluding hydrogens is 246 g/mol. The number of hydrogen-bond acceptors (Lipinski definition) is 5. The molecule has 1 amide bonds. The quantitative estimate of drug-likeness (QED) is 0.873. The molecule has 0 bridgehead atoms. The van der Waals surface area contributed by atoms with Crippen LogP contribution in [0.2, 0.25) is 0 Å². The molecule has 0 spiro atoms. The lowest BCUT2D eigenvalue weighted by molar-refractivity contribution is -0.134. The maximum atomic E-state index is 12.0. The molecule has 1 atom stereocenters. The molecule has 1 unspecified atom stereocenters. The summed E-state index contributed by atoms with van der Waals surface area (Å²) >= 11 is 0. The number of carbonyl (C=O) groups excluding carboxylic acids is 1. The second-order valence-corrected chi connectivity index (χ2v) is 5.46. The largest absolute Gasteiger partial charge is 0.391 e. The van der Waals surface area contributed by atoms with E-state index in [0.29, 0.717) is 31.2 Å². The molecular formula is C13H19N3O3. The summed E-state index contributed by atoms with van der Waals surface area (Å²) in [6, 6.07) is 0. The lowest BCUT2D eigenvalue weighted by Gasteiger charge is -2.30. The van der Waals surface area contributed by atoms with Crippen molar-refractivity contribution in [1.29, 1.82) is 0 Å². The molecule has 6 heteroatoms. The van der Waals surface area contributed by atoms with Crippen molar-refractivity contribution in [1.82, 2.24) is 15.0 Å². The van der Waals surface area contributed by atoms with Crippen molar-refractivity contribution in [3.8, 4) is 0 Å². The van der Waals surface area contributed by atoms with Gasteiger partial charge < -0.3 is 14.5 Å². The smallest absolute Gasteiger partial charge is 0.227 e. The highest BCUT2D eigenvalue weighted by Gasteiger charge is 2.29.